The van der Waals surface area contributed by atoms with Crippen molar-refractivity contribution in [1.82, 2.24) is 16.0 Å². The first-order valence-corrected chi connectivity index (χ1v) is 6.47. The number of nitrogens with one attached hydrogen (secondary N) is 3. The van der Waals surface area contributed by atoms with Gasteiger partial charge in [-0.3, -0.25) is 14.4 Å². The summed E-state index contributed by atoms with van der Waals surface area (Å²) in [4.78, 5) is 44.8. The van der Waals surface area contributed by atoms with Crippen molar-refractivity contribution < 1.29 is 24.3 Å². The van der Waals surface area contributed by atoms with Crippen molar-refractivity contribution in [2.45, 2.75) is 39.3 Å². The Labute approximate surface area is 122 Å². The highest BCUT2D eigenvalue weighted by molar-refractivity contribution is 5.91. The lowest BCUT2D eigenvalue weighted by Crippen LogP contribution is -2.56. The van der Waals surface area contributed by atoms with Gasteiger partial charge in [-0.25, -0.2) is 4.79 Å². The lowest BCUT2D eigenvalue weighted by atomic mass is 10.0. The number of amides is 4. The first-order chi connectivity index (χ1) is 9.63. The van der Waals surface area contributed by atoms with Crippen LogP contribution in [0.3, 0.4) is 0 Å². The number of hydrogen-bond acceptors (Lipinski definition) is 4. The molecule has 2 atom stereocenters. The summed E-state index contributed by atoms with van der Waals surface area (Å²) >= 11 is 0. The molecule has 9 heteroatoms. The maximum atomic E-state index is 12.0. The third kappa shape index (κ3) is 8.45. The molecule has 6 N–H and O–H groups in total. The Kier molecular flexibility index (Phi) is 7.80. The molecule has 0 bridgehead atoms. The van der Waals surface area contributed by atoms with Crippen LogP contribution in [0.2, 0.25) is 0 Å². The Morgan fingerprint density at radius 3 is 2.05 bits per heavy atom. The molecule has 0 aromatic rings. The molecular weight excluding hydrogens is 280 g/mol. The van der Waals surface area contributed by atoms with Crippen molar-refractivity contribution in [2.24, 2.45) is 11.7 Å². The van der Waals surface area contributed by atoms with Gasteiger partial charge in [-0.05, 0) is 12.3 Å². The van der Waals surface area contributed by atoms with E-state index in [1.807, 2.05) is 19.2 Å². The third-order valence-corrected chi connectivity index (χ3v) is 2.52. The number of carbonyl (C=O) groups excluding carboxylic acids is 3. The molecule has 120 valence electrons. The number of carbonyl (C=O) groups is 4. The SMILES string of the molecule is CC(=O)NC(CNC(=O)O)C(=O)NC(CC(C)C)C(N)=O. The topological polar surface area (TPSA) is 151 Å². The molecule has 0 aliphatic carbocycles. The normalized spacial score (nSPS) is 13.1. The van der Waals surface area contributed by atoms with Crippen LogP contribution < -0.4 is 21.7 Å². The minimum Gasteiger partial charge on any atom is -0.465 e. The van der Waals surface area contributed by atoms with E-state index in [2.05, 4.69) is 10.6 Å². The van der Waals surface area contributed by atoms with Crippen LogP contribution in [0.15, 0.2) is 0 Å². The largest absolute Gasteiger partial charge is 0.465 e. The molecule has 0 spiro atoms. The molecule has 0 rings (SSSR count). The summed E-state index contributed by atoms with van der Waals surface area (Å²) in [5.74, 6) is -1.74. The summed E-state index contributed by atoms with van der Waals surface area (Å²) in [5.41, 5.74) is 5.21. The highest BCUT2D eigenvalue weighted by Crippen LogP contribution is 2.04. The first kappa shape index (κ1) is 18.7. The molecule has 0 aromatic heterocycles. The number of nitrogens with two attached hydrogens (primary N) is 1. The van der Waals surface area contributed by atoms with Crippen LogP contribution in [0.5, 0.6) is 0 Å². The highest BCUT2D eigenvalue weighted by atomic mass is 16.4. The number of carboxylic acid groups (broad SMARTS) is 1. The Bertz CT molecular complexity index is 410. The fourth-order valence-corrected chi connectivity index (χ4v) is 1.63. The average molecular weight is 302 g/mol. The van der Waals surface area contributed by atoms with E-state index in [-0.39, 0.29) is 12.5 Å². The molecule has 2 unspecified atom stereocenters. The fraction of sp³-hybridized carbons (Fsp3) is 0.667. The number of hydrogen-bond donors (Lipinski definition) is 5. The van der Waals surface area contributed by atoms with Gasteiger partial charge in [-0.2, -0.15) is 0 Å². The summed E-state index contributed by atoms with van der Waals surface area (Å²) in [5, 5.41) is 15.3. The van der Waals surface area contributed by atoms with E-state index in [1.54, 1.807) is 0 Å². The predicted molar refractivity (Wildman–Crippen MR) is 74.2 cm³/mol. The van der Waals surface area contributed by atoms with E-state index < -0.39 is 35.9 Å². The van der Waals surface area contributed by atoms with Crippen LogP contribution in [0.4, 0.5) is 4.79 Å². The quantitative estimate of drug-likeness (QED) is 0.380. The van der Waals surface area contributed by atoms with E-state index in [4.69, 9.17) is 10.8 Å². The predicted octanol–water partition coefficient (Wildman–Crippen LogP) is -1.23. The molecule has 0 aliphatic heterocycles. The minimum absolute atomic E-state index is 0.124. The van der Waals surface area contributed by atoms with Gasteiger partial charge in [0.2, 0.25) is 17.7 Å². The summed E-state index contributed by atoms with van der Waals surface area (Å²) in [6.07, 6.45) is -0.980. The van der Waals surface area contributed by atoms with Gasteiger partial charge in [0, 0.05) is 6.92 Å². The molecule has 0 aromatic carbocycles. The van der Waals surface area contributed by atoms with E-state index in [1.165, 1.54) is 6.92 Å². The zero-order valence-electron chi connectivity index (χ0n) is 12.3. The van der Waals surface area contributed by atoms with Gasteiger partial charge in [0.15, 0.2) is 0 Å². The summed E-state index contributed by atoms with van der Waals surface area (Å²) in [7, 11) is 0. The first-order valence-electron chi connectivity index (χ1n) is 6.47. The molecule has 4 amide bonds. The van der Waals surface area contributed by atoms with E-state index in [9.17, 15) is 19.2 Å². The highest BCUT2D eigenvalue weighted by Gasteiger charge is 2.25. The van der Waals surface area contributed by atoms with Crippen LogP contribution >= 0.6 is 0 Å². The fourth-order valence-electron chi connectivity index (χ4n) is 1.63. The van der Waals surface area contributed by atoms with E-state index >= 15 is 0 Å². The molecule has 0 heterocycles. The molecule has 0 aliphatic rings. The lowest BCUT2D eigenvalue weighted by Gasteiger charge is -2.22. The second-order valence-electron chi connectivity index (χ2n) is 5.03. The zero-order valence-corrected chi connectivity index (χ0v) is 12.3. The van der Waals surface area contributed by atoms with Gasteiger partial charge in [-0.15, -0.1) is 0 Å². The maximum absolute atomic E-state index is 12.0. The Morgan fingerprint density at radius 1 is 1.10 bits per heavy atom. The third-order valence-electron chi connectivity index (χ3n) is 2.52. The molecule has 0 saturated carbocycles. The van der Waals surface area contributed by atoms with Crippen molar-refractivity contribution >= 4 is 23.8 Å². The van der Waals surface area contributed by atoms with E-state index in [0.29, 0.717) is 6.42 Å². The van der Waals surface area contributed by atoms with Crippen molar-refractivity contribution in [1.29, 1.82) is 0 Å². The Balaban J connectivity index is 4.79. The van der Waals surface area contributed by atoms with Crippen molar-refractivity contribution in [2.75, 3.05) is 6.54 Å². The van der Waals surface area contributed by atoms with Gasteiger partial charge in [0.1, 0.15) is 12.1 Å². The van der Waals surface area contributed by atoms with Crippen LogP contribution in [0, 0.1) is 5.92 Å². The second-order valence-corrected chi connectivity index (χ2v) is 5.03. The maximum Gasteiger partial charge on any atom is 0.404 e. The Morgan fingerprint density at radius 2 is 1.67 bits per heavy atom. The number of primary amides is 1. The van der Waals surface area contributed by atoms with Crippen LogP contribution in [0.25, 0.3) is 0 Å². The van der Waals surface area contributed by atoms with Crippen LogP contribution in [-0.2, 0) is 14.4 Å². The molecule has 0 radical (unpaired) electrons. The van der Waals surface area contributed by atoms with Crippen molar-refractivity contribution in [3.05, 3.63) is 0 Å². The smallest absolute Gasteiger partial charge is 0.404 e. The summed E-state index contributed by atoms with van der Waals surface area (Å²) in [6, 6.07) is -1.99. The minimum atomic E-state index is -1.33. The van der Waals surface area contributed by atoms with Crippen molar-refractivity contribution in [3.8, 4) is 0 Å². The second kappa shape index (κ2) is 8.77. The van der Waals surface area contributed by atoms with Gasteiger partial charge >= 0.3 is 6.09 Å². The van der Waals surface area contributed by atoms with Gasteiger partial charge < -0.3 is 26.8 Å². The van der Waals surface area contributed by atoms with E-state index in [0.717, 1.165) is 0 Å². The van der Waals surface area contributed by atoms with Crippen molar-refractivity contribution in [3.63, 3.8) is 0 Å². The van der Waals surface area contributed by atoms with Gasteiger partial charge in [0.05, 0.1) is 6.54 Å². The average Bonchev–Trinajstić information content (AvgIpc) is 2.32. The lowest BCUT2D eigenvalue weighted by molar-refractivity contribution is -0.131. The van der Waals surface area contributed by atoms with Gasteiger partial charge in [0.25, 0.3) is 0 Å². The molecule has 0 fully saturated rings. The molecule has 21 heavy (non-hydrogen) atoms. The monoisotopic (exact) mass is 302 g/mol. The van der Waals surface area contributed by atoms with Crippen LogP contribution in [0.1, 0.15) is 27.2 Å². The Hall–Kier alpha value is -2.32. The summed E-state index contributed by atoms with van der Waals surface area (Å²) < 4.78 is 0. The zero-order chi connectivity index (χ0) is 16.6. The van der Waals surface area contributed by atoms with Crippen LogP contribution in [-0.4, -0.2) is 47.5 Å². The summed E-state index contributed by atoms with van der Waals surface area (Å²) in [6.45, 7) is 4.60. The number of rotatable bonds is 8. The molecular formula is C12H22N4O5. The molecule has 0 saturated heterocycles. The molecule has 9 nitrogen and oxygen atoms in total. The van der Waals surface area contributed by atoms with Gasteiger partial charge in [-0.1, -0.05) is 13.8 Å². The standard InChI is InChI=1S/C12H22N4O5/c1-6(2)4-8(10(13)18)16-11(19)9(15-7(3)17)5-14-12(20)21/h6,8-9,14H,4-5H2,1-3H3,(H2,13,18)(H,15,17)(H,16,19)(H,20,21).